The van der Waals surface area contributed by atoms with Crippen LogP contribution in [0.4, 0.5) is 0 Å². The molecule has 1 heterocycles. The second kappa shape index (κ2) is 4.31. The SMILES string of the molecule is CC.CC1OC(=O)[C@@H](O)C1O. The van der Waals surface area contributed by atoms with Crippen molar-refractivity contribution in [2.45, 2.75) is 39.1 Å². The molecule has 1 aliphatic rings. The fraction of sp³-hybridized carbons (Fsp3) is 0.857. The molecule has 2 unspecified atom stereocenters. The van der Waals surface area contributed by atoms with Crippen LogP contribution in [0.15, 0.2) is 0 Å². The number of ether oxygens (including phenoxy) is 1. The Morgan fingerprint density at radius 1 is 1.36 bits per heavy atom. The lowest BCUT2D eigenvalue weighted by Gasteiger charge is -2.04. The van der Waals surface area contributed by atoms with E-state index in [9.17, 15) is 4.79 Å². The lowest BCUT2D eigenvalue weighted by molar-refractivity contribution is -0.146. The Hall–Kier alpha value is -0.610. The summed E-state index contributed by atoms with van der Waals surface area (Å²) in [5.41, 5.74) is 0. The number of carbonyl (C=O) groups excluding carboxylic acids is 1. The average molecular weight is 162 g/mol. The lowest BCUT2D eigenvalue weighted by atomic mass is 10.2. The van der Waals surface area contributed by atoms with Crippen LogP contribution in [-0.4, -0.2) is 34.5 Å². The van der Waals surface area contributed by atoms with E-state index in [0.717, 1.165) is 0 Å². The molecule has 0 saturated carbocycles. The molecular weight excluding hydrogens is 148 g/mol. The van der Waals surface area contributed by atoms with E-state index in [0.29, 0.717) is 0 Å². The highest BCUT2D eigenvalue weighted by molar-refractivity contribution is 5.77. The molecule has 0 bridgehead atoms. The lowest BCUT2D eigenvalue weighted by Crippen LogP contribution is -2.29. The summed E-state index contributed by atoms with van der Waals surface area (Å²) in [4.78, 5) is 10.4. The van der Waals surface area contributed by atoms with Gasteiger partial charge in [0.25, 0.3) is 0 Å². The maximum absolute atomic E-state index is 10.4. The molecule has 0 aliphatic carbocycles. The number of hydrogen-bond acceptors (Lipinski definition) is 4. The fourth-order valence-electron chi connectivity index (χ4n) is 0.719. The second-order valence-corrected chi connectivity index (χ2v) is 2.08. The van der Waals surface area contributed by atoms with Crippen molar-refractivity contribution < 1.29 is 19.7 Å². The van der Waals surface area contributed by atoms with Crippen LogP contribution in [0.2, 0.25) is 0 Å². The van der Waals surface area contributed by atoms with Crippen molar-refractivity contribution in [1.82, 2.24) is 0 Å². The van der Waals surface area contributed by atoms with Crippen LogP contribution >= 0.6 is 0 Å². The summed E-state index contributed by atoms with van der Waals surface area (Å²) in [5.74, 6) is -0.741. The van der Waals surface area contributed by atoms with Gasteiger partial charge in [-0.25, -0.2) is 4.79 Å². The first kappa shape index (κ1) is 10.4. The summed E-state index contributed by atoms with van der Waals surface area (Å²) in [6.45, 7) is 5.53. The normalized spacial score (nSPS) is 35.7. The molecule has 66 valence electrons. The van der Waals surface area contributed by atoms with Gasteiger partial charge in [0.05, 0.1) is 0 Å². The highest BCUT2D eigenvalue weighted by Gasteiger charge is 2.39. The number of aliphatic hydroxyl groups is 2. The van der Waals surface area contributed by atoms with Crippen molar-refractivity contribution in [3.05, 3.63) is 0 Å². The van der Waals surface area contributed by atoms with Gasteiger partial charge in [0.15, 0.2) is 6.10 Å². The van der Waals surface area contributed by atoms with E-state index in [1.165, 1.54) is 6.92 Å². The van der Waals surface area contributed by atoms with Gasteiger partial charge in [-0.05, 0) is 6.92 Å². The summed E-state index contributed by atoms with van der Waals surface area (Å²) in [5, 5.41) is 17.6. The average Bonchev–Trinajstić information content (AvgIpc) is 2.22. The molecule has 2 N–H and O–H groups in total. The molecule has 0 amide bonds. The van der Waals surface area contributed by atoms with Gasteiger partial charge in [0.2, 0.25) is 0 Å². The van der Waals surface area contributed by atoms with Crippen LogP contribution in [-0.2, 0) is 9.53 Å². The highest BCUT2D eigenvalue weighted by Crippen LogP contribution is 2.14. The Bertz CT molecular complexity index is 134. The van der Waals surface area contributed by atoms with Crippen molar-refractivity contribution in [3.8, 4) is 0 Å². The predicted octanol–water partition coefficient (Wildman–Crippen LogP) is -0.320. The molecule has 0 aromatic carbocycles. The van der Waals surface area contributed by atoms with Crippen LogP contribution in [0.5, 0.6) is 0 Å². The summed E-state index contributed by atoms with van der Waals surface area (Å²) in [6.07, 6.45) is -2.98. The third kappa shape index (κ3) is 2.17. The Morgan fingerprint density at radius 2 is 1.82 bits per heavy atom. The van der Waals surface area contributed by atoms with Crippen LogP contribution in [0.1, 0.15) is 20.8 Å². The zero-order chi connectivity index (χ0) is 9.02. The van der Waals surface area contributed by atoms with E-state index < -0.39 is 24.3 Å². The van der Waals surface area contributed by atoms with Crippen molar-refractivity contribution >= 4 is 5.97 Å². The van der Waals surface area contributed by atoms with Crippen molar-refractivity contribution in [3.63, 3.8) is 0 Å². The molecule has 4 nitrogen and oxygen atoms in total. The molecule has 1 rings (SSSR count). The van der Waals surface area contributed by atoms with Crippen molar-refractivity contribution in [2.24, 2.45) is 0 Å². The molecule has 0 aromatic heterocycles. The molecule has 3 atom stereocenters. The molecular formula is C7H14O4. The number of rotatable bonds is 0. The first-order chi connectivity index (χ1) is 5.13. The topological polar surface area (TPSA) is 66.8 Å². The van der Waals surface area contributed by atoms with Crippen molar-refractivity contribution in [1.29, 1.82) is 0 Å². The summed E-state index contributed by atoms with van der Waals surface area (Å²) in [7, 11) is 0. The standard InChI is InChI=1S/C5H8O4.C2H6/c1-2-3(6)4(7)5(8)9-2;1-2/h2-4,6-7H,1H3;1-2H3/t2?,3?,4-;/m0./s1. The van der Waals surface area contributed by atoms with Crippen molar-refractivity contribution in [2.75, 3.05) is 0 Å². The maximum Gasteiger partial charge on any atom is 0.338 e. The monoisotopic (exact) mass is 162 g/mol. The van der Waals surface area contributed by atoms with E-state index in [1.807, 2.05) is 13.8 Å². The number of hydrogen-bond donors (Lipinski definition) is 2. The van der Waals surface area contributed by atoms with Crippen LogP contribution in [0, 0.1) is 0 Å². The van der Waals surface area contributed by atoms with Gasteiger partial charge >= 0.3 is 5.97 Å². The number of esters is 1. The molecule has 0 radical (unpaired) electrons. The number of aliphatic hydroxyl groups excluding tert-OH is 2. The van der Waals surface area contributed by atoms with E-state index in [-0.39, 0.29) is 0 Å². The minimum Gasteiger partial charge on any atom is -0.458 e. The smallest absolute Gasteiger partial charge is 0.338 e. The quantitative estimate of drug-likeness (QED) is 0.479. The third-order valence-corrected chi connectivity index (χ3v) is 1.35. The molecule has 1 fully saturated rings. The van der Waals surface area contributed by atoms with E-state index in [4.69, 9.17) is 10.2 Å². The minimum absolute atomic E-state index is 0.576. The van der Waals surface area contributed by atoms with Gasteiger partial charge in [-0.3, -0.25) is 0 Å². The van der Waals surface area contributed by atoms with E-state index in [1.54, 1.807) is 0 Å². The molecule has 11 heavy (non-hydrogen) atoms. The maximum atomic E-state index is 10.4. The number of carbonyl (C=O) groups is 1. The zero-order valence-electron chi connectivity index (χ0n) is 6.94. The Labute approximate surface area is 65.8 Å². The van der Waals surface area contributed by atoms with Gasteiger partial charge in [-0.1, -0.05) is 13.8 Å². The Kier molecular flexibility index (Phi) is 4.07. The largest absolute Gasteiger partial charge is 0.458 e. The van der Waals surface area contributed by atoms with Crippen LogP contribution in [0.3, 0.4) is 0 Å². The van der Waals surface area contributed by atoms with Gasteiger partial charge in [-0.2, -0.15) is 0 Å². The van der Waals surface area contributed by atoms with Gasteiger partial charge in [0, 0.05) is 0 Å². The van der Waals surface area contributed by atoms with Gasteiger partial charge in [0.1, 0.15) is 12.2 Å². The van der Waals surface area contributed by atoms with Crippen LogP contribution in [0.25, 0.3) is 0 Å². The minimum atomic E-state index is -1.35. The first-order valence-electron chi connectivity index (χ1n) is 3.69. The molecule has 0 aromatic rings. The Balaban J connectivity index is 0.000000461. The molecule has 4 heteroatoms. The molecule has 1 aliphatic heterocycles. The molecule has 0 spiro atoms. The van der Waals surface area contributed by atoms with E-state index >= 15 is 0 Å². The summed E-state index contributed by atoms with van der Waals surface area (Å²) >= 11 is 0. The number of cyclic esters (lactones) is 1. The summed E-state index contributed by atoms with van der Waals surface area (Å²) < 4.78 is 4.45. The Morgan fingerprint density at radius 3 is 1.91 bits per heavy atom. The molecule has 1 saturated heterocycles. The third-order valence-electron chi connectivity index (χ3n) is 1.35. The highest BCUT2D eigenvalue weighted by atomic mass is 16.6. The zero-order valence-corrected chi connectivity index (χ0v) is 6.94. The second-order valence-electron chi connectivity index (χ2n) is 2.08. The van der Waals surface area contributed by atoms with Gasteiger partial charge < -0.3 is 14.9 Å². The fourth-order valence-corrected chi connectivity index (χ4v) is 0.719. The van der Waals surface area contributed by atoms with Gasteiger partial charge in [-0.15, -0.1) is 0 Å². The van der Waals surface area contributed by atoms with E-state index in [2.05, 4.69) is 4.74 Å². The summed E-state index contributed by atoms with van der Waals surface area (Å²) in [6, 6.07) is 0. The first-order valence-corrected chi connectivity index (χ1v) is 3.69. The van der Waals surface area contributed by atoms with Crippen LogP contribution < -0.4 is 0 Å². The predicted molar refractivity (Wildman–Crippen MR) is 38.9 cm³/mol.